The second-order valence-electron chi connectivity index (χ2n) is 8.90. The van der Waals surface area contributed by atoms with E-state index < -0.39 is 23.5 Å². The summed E-state index contributed by atoms with van der Waals surface area (Å²) in [7, 11) is 0. The smallest absolute Gasteiger partial charge is 0.335 e. The Morgan fingerprint density at radius 2 is 1.70 bits per heavy atom. The zero-order valence-corrected chi connectivity index (χ0v) is 22.5. The molecule has 1 atom stereocenters. The van der Waals surface area contributed by atoms with Gasteiger partial charge in [0.2, 0.25) is 11.8 Å². The second kappa shape index (κ2) is 12.4. The Morgan fingerprint density at radius 1 is 1.00 bits per heavy atom. The number of amides is 1. The molecule has 0 saturated heterocycles. The molecule has 1 heterocycles. The van der Waals surface area contributed by atoms with Gasteiger partial charge in [0.1, 0.15) is 6.04 Å². The van der Waals surface area contributed by atoms with Crippen LogP contribution in [0.1, 0.15) is 46.2 Å². The first-order valence-corrected chi connectivity index (χ1v) is 12.8. The van der Waals surface area contributed by atoms with Gasteiger partial charge in [-0.1, -0.05) is 41.9 Å². The number of anilines is 1. The molecule has 1 aromatic heterocycles. The van der Waals surface area contributed by atoms with Gasteiger partial charge in [0.25, 0.3) is 5.56 Å². The topological polar surface area (TPSA) is 128 Å². The number of hydrogen-bond donors (Lipinski definition) is 2. The van der Waals surface area contributed by atoms with Gasteiger partial charge >= 0.3 is 5.97 Å². The molecule has 9 nitrogen and oxygen atoms in total. The summed E-state index contributed by atoms with van der Waals surface area (Å²) in [4.78, 5) is 50.6. The van der Waals surface area contributed by atoms with Crippen molar-refractivity contribution in [2.24, 2.45) is 0 Å². The minimum absolute atomic E-state index is 0.0588. The van der Waals surface area contributed by atoms with E-state index in [1.165, 1.54) is 37.3 Å². The summed E-state index contributed by atoms with van der Waals surface area (Å²) in [6.45, 7) is 3.37. The van der Waals surface area contributed by atoms with E-state index in [4.69, 9.17) is 21.4 Å². The van der Waals surface area contributed by atoms with Gasteiger partial charge in [-0.2, -0.15) is 0 Å². The molecular weight excluding hydrogens is 534 g/mol. The van der Waals surface area contributed by atoms with Crippen LogP contribution in [0.3, 0.4) is 0 Å². The van der Waals surface area contributed by atoms with Crippen LogP contribution in [0.5, 0.6) is 5.88 Å². The normalized spacial score (nSPS) is 11.5. The lowest BCUT2D eigenvalue weighted by Gasteiger charge is -2.21. The average molecular weight is 560 g/mol. The van der Waals surface area contributed by atoms with Crippen LogP contribution in [-0.2, 0) is 11.2 Å². The Morgan fingerprint density at radius 3 is 2.33 bits per heavy atom. The minimum Gasteiger partial charge on any atom is -0.478 e. The lowest BCUT2D eigenvalue weighted by Crippen LogP contribution is -2.36. The fourth-order valence-electron chi connectivity index (χ4n) is 4.21. The fourth-order valence-corrected chi connectivity index (χ4v) is 4.38. The van der Waals surface area contributed by atoms with Crippen molar-refractivity contribution >= 4 is 34.9 Å². The van der Waals surface area contributed by atoms with Gasteiger partial charge in [-0.3, -0.25) is 14.4 Å². The van der Waals surface area contributed by atoms with Crippen molar-refractivity contribution < 1.29 is 24.2 Å². The number of aromatic carboxylic acids is 1. The number of carboxylic acids is 1. The maximum absolute atomic E-state index is 13.6. The Kier molecular flexibility index (Phi) is 8.76. The van der Waals surface area contributed by atoms with Crippen LogP contribution in [0.15, 0.2) is 83.7 Å². The molecule has 1 amide bonds. The largest absolute Gasteiger partial charge is 0.478 e. The molecule has 0 aliphatic rings. The Balaban J connectivity index is 1.81. The molecule has 2 N–H and O–H groups in total. The van der Waals surface area contributed by atoms with Crippen molar-refractivity contribution in [1.82, 2.24) is 9.78 Å². The second-order valence-corrected chi connectivity index (χ2v) is 9.34. The van der Waals surface area contributed by atoms with E-state index in [0.29, 0.717) is 21.8 Å². The number of aromatic nitrogens is 2. The summed E-state index contributed by atoms with van der Waals surface area (Å²) in [6, 6.07) is 19.7. The first kappa shape index (κ1) is 28.3. The highest BCUT2D eigenvalue weighted by atomic mass is 35.5. The number of rotatable bonds is 10. The highest BCUT2D eigenvalue weighted by Crippen LogP contribution is 2.33. The zero-order valence-electron chi connectivity index (χ0n) is 21.8. The molecule has 1 unspecified atom stereocenters. The first-order valence-electron chi connectivity index (χ1n) is 12.4. The average Bonchev–Trinajstić information content (AvgIpc) is 2.93. The van der Waals surface area contributed by atoms with Crippen LogP contribution >= 0.6 is 11.6 Å². The molecular formula is C30H26ClN3O6. The Hall–Kier alpha value is -4.76. The molecule has 0 bridgehead atoms. The Bertz CT molecular complexity index is 1620. The van der Waals surface area contributed by atoms with Crippen molar-refractivity contribution in [3.8, 4) is 17.0 Å². The molecule has 40 heavy (non-hydrogen) atoms. The third kappa shape index (κ3) is 6.44. The summed E-state index contributed by atoms with van der Waals surface area (Å²) in [5.74, 6) is -1.80. The Labute approximate surface area is 235 Å². The standard InChI is InChI=1S/C30H26ClN3O6/c1-3-40-29-25(24-16-21(31)11-14-23(24)18(2)35)17-27(36)34(33-29)26(15-19-7-5-4-6-8-19)28(37)32-22-12-9-20(10-13-22)30(38)39/h4-14,16-17,26H,3,15H2,1-2H3,(H,32,37)(H,38,39). The maximum Gasteiger partial charge on any atom is 0.335 e. The van der Waals surface area contributed by atoms with Gasteiger partial charge in [-0.15, -0.1) is 5.10 Å². The number of benzene rings is 3. The molecule has 4 rings (SSSR count). The van der Waals surface area contributed by atoms with Gasteiger partial charge in [-0.25, -0.2) is 9.48 Å². The molecule has 0 radical (unpaired) electrons. The predicted molar refractivity (Wildman–Crippen MR) is 151 cm³/mol. The van der Waals surface area contributed by atoms with Gasteiger partial charge in [0, 0.05) is 28.8 Å². The van der Waals surface area contributed by atoms with Crippen LogP contribution in [0.25, 0.3) is 11.1 Å². The molecule has 204 valence electrons. The molecule has 0 aliphatic heterocycles. The van der Waals surface area contributed by atoms with E-state index in [2.05, 4.69) is 10.4 Å². The number of hydrogen-bond acceptors (Lipinski definition) is 6. The summed E-state index contributed by atoms with van der Waals surface area (Å²) in [5.41, 5.74) is 1.63. The molecule has 3 aromatic carbocycles. The molecule has 0 fully saturated rings. The van der Waals surface area contributed by atoms with E-state index in [1.807, 2.05) is 30.3 Å². The molecule has 0 spiro atoms. The summed E-state index contributed by atoms with van der Waals surface area (Å²) in [5, 5.41) is 16.7. The number of carbonyl (C=O) groups is 3. The van der Waals surface area contributed by atoms with Crippen molar-refractivity contribution in [2.75, 3.05) is 11.9 Å². The summed E-state index contributed by atoms with van der Waals surface area (Å²) >= 11 is 6.22. The van der Waals surface area contributed by atoms with Crippen LogP contribution < -0.4 is 15.6 Å². The van der Waals surface area contributed by atoms with Crippen molar-refractivity contribution in [3.05, 3.63) is 111 Å². The summed E-state index contributed by atoms with van der Waals surface area (Å²) < 4.78 is 6.84. The molecule has 0 aliphatic carbocycles. The number of nitrogens with zero attached hydrogens (tertiary/aromatic N) is 2. The predicted octanol–water partition coefficient (Wildman–Crippen LogP) is 5.29. The SMILES string of the molecule is CCOc1nn(C(Cc2ccccc2)C(=O)Nc2ccc(C(=O)O)cc2)c(=O)cc1-c1cc(Cl)ccc1C(C)=O. The lowest BCUT2D eigenvalue weighted by molar-refractivity contribution is -0.119. The lowest BCUT2D eigenvalue weighted by atomic mass is 9.98. The zero-order chi connectivity index (χ0) is 28.8. The highest BCUT2D eigenvalue weighted by Gasteiger charge is 2.26. The van der Waals surface area contributed by atoms with E-state index in [-0.39, 0.29) is 35.8 Å². The van der Waals surface area contributed by atoms with Gasteiger partial charge in [0.15, 0.2) is 5.78 Å². The monoisotopic (exact) mass is 559 g/mol. The van der Waals surface area contributed by atoms with Crippen LogP contribution in [0, 0.1) is 0 Å². The third-order valence-electron chi connectivity index (χ3n) is 6.12. The minimum atomic E-state index is -1.09. The number of carbonyl (C=O) groups excluding carboxylic acids is 2. The quantitative estimate of drug-likeness (QED) is 0.253. The third-order valence-corrected chi connectivity index (χ3v) is 6.36. The number of halogens is 1. The van der Waals surface area contributed by atoms with Gasteiger partial charge in [0.05, 0.1) is 17.7 Å². The van der Waals surface area contributed by atoms with Gasteiger partial charge < -0.3 is 15.2 Å². The highest BCUT2D eigenvalue weighted by molar-refractivity contribution is 6.31. The molecule has 4 aromatic rings. The van der Waals surface area contributed by atoms with E-state index in [9.17, 15) is 19.2 Å². The van der Waals surface area contributed by atoms with Crippen molar-refractivity contribution in [1.29, 1.82) is 0 Å². The van der Waals surface area contributed by atoms with E-state index >= 15 is 0 Å². The van der Waals surface area contributed by atoms with E-state index in [1.54, 1.807) is 25.1 Å². The number of nitrogens with one attached hydrogen (secondary N) is 1. The first-order chi connectivity index (χ1) is 19.2. The maximum atomic E-state index is 13.6. The molecule has 10 heteroatoms. The molecule has 0 saturated carbocycles. The summed E-state index contributed by atoms with van der Waals surface area (Å²) in [6.07, 6.45) is 0.133. The fraction of sp³-hybridized carbons (Fsp3) is 0.167. The van der Waals surface area contributed by atoms with Crippen LogP contribution in [0.4, 0.5) is 5.69 Å². The number of carboxylic acid groups (broad SMARTS) is 1. The number of ketones is 1. The van der Waals surface area contributed by atoms with Crippen LogP contribution in [-0.4, -0.2) is 39.2 Å². The number of ether oxygens (including phenoxy) is 1. The van der Waals surface area contributed by atoms with Gasteiger partial charge in [-0.05, 0) is 67.4 Å². The van der Waals surface area contributed by atoms with E-state index in [0.717, 1.165) is 10.2 Å². The van der Waals surface area contributed by atoms with Crippen LogP contribution in [0.2, 0.25) is 5.02 Å². The number of Topliss-reactive ketones (excluding diaryl/α,β-unsaturated/α-hetero) is 1. The van der Waals surface area contributed by atoms with Crippen molar-refractivity contribution in [3.63, 3.8) is 0 Å². The van der Waals surface area contributed by atoms with Crippen molar-refractivity contribution in [2.45, 2.75) is 26.3 Å².